The van der Waals surface area contributed by atoms with Gasteiger partial charge in [-0.2, -0.15) is 0 Å². The third-order valence-corrected chi connectivity index (χ3v) is 5.36. The van der Waals surface area contributed by atoms with E-state index in [1.54, 1.807) is 0 Å². The lowest BCUT2D eigenvalue weighted by Gasteiger charge is -2.48. The minimum absolute atomic E-state index is 0.267. The molecule has 1 heterocycles. The molecule has 1 saturated carbocycles. The zero-order valence-corrected chi connectivity index (χ0v) is 12.7. The van der Waals surface area contributed by atoms with Crippen molar-refractivity contribution in [3.8, 4) is 0 Å². The molecular formula is C15H31N3. The van der Waals surface area contributed by atoms with Crippen molar-refractivity contribution >= 4 is 0 Å². The summed E-state index contributed by atoms with van der Waals surface area (Å²) >= 11 is 0. The summed E-state index contributed by atoms with van der Waals surface area (Å²) < 4.78 is 0. The maximum absolute atomic E-state index is 6.22. The predicted octanol–water partition coefficient (Wildman–Crippen LogP) is 1.78. The number of rotatable bonds is 3. The molecule has 2 N–H and O–H groups in total. The molecular weight excluding hydrogens is 222 g/mol. The Kier molecular flexibility index (Phi) is 4.05. The minimum Gasteiger partial charge on any atom is -0.329 e. The van der Waals surface area contributed by atoms with Crippen molar-refractivity contribution < 1.29 is 0 Å². The fraction of sp³-hybridized carbons (Fsp3) is 1.00. The van der Waals surface area contributed by atoms with E-state index >= 15 is 0 Å². The van der Waals surface area contributed by atoms with Gasteiger partial charge in [-0.3, -0.25) is 4.90 Å². The van der Waals surface area contributed by atoms with Crippen LogP contribution in [0.15, 0.2) is 0 Å². The van der Waals surface area contributed by atoms with Gasteiger partial charge in [-0.1, -0.05) is 27.7 Å². The van der Waals surface area contributed by atoms with Gasteiger partial charge in [0.25, 0.3) is 0 Å². The summed E-state index contributed by atoms with van der Waals surface area (Å²) in [5, 5.41) is 0. The SMILES string of the molecule is CCN1CCN(C2(CN)CC(C)(C)CC2C)CC1. The van der Waals surface area contributed by atoms with Crippen molar-refractivity contribution in [3.63, 3.8) is 0 Å². The van der Waals surface area contributed by atoms with Crippen LogP contribution >= 0.6 is 0 Å². The van der Waals surface area contributed by atoms with Crippen LogP contribution in [0.2, 0.25) is 0 Å². The van der Waals surface area contributed by atoms with Crippen LogP contribution in [0.25, 0.3) is 0 Å². The van der Waals surface area contributed by atoms with E-state index < -0.39 is 0 Å². The molecule has 2 aliphatic rings. The number of likely N-dealkylation sites (N-methyl/N-ethyl adjacent to an activating group) is 1. The highest BCUT2D eigenvalue weighted by molar-refractivity contribution is 5.06. The van der Waals surface area contributed by atoms with Crippen molar-refractivity contribution in [2.75, 3.05) is 39.3 Å². The third kappa shape index (κ3) is 2.45. The van der Waals surface area contributed by atoms with Gasteiger partial charge >= 0.3 is 0 Å². The molecule has 2 rings (SSSR count). The second-order valence-electron chi connectivity index (χ2n) is 7.18. The number of piperazine rings is 1. The molecule has 0 aromatic carbocycles. The van der Waals surface area contributed by atoms with Gasteiger partial charge < -0.3 is 10.6 Å². The summed E-state index contributed by atoms with van der Waals surface area (Å²) in [6.07, 6.45) is 2.59. The molecule has 0 amide bonds. The fourth-order valence-corrected chi connectivity index (χ4v) is 4.43. The van der Waals surface area contributed by atoms with Crippen LogP contribution in [0.3, 0.4) is 0 Å². The number of nitrogens with zero attached hydrogens (tertiary/aromatic N) is 2. The van der Waals surface area contributed by atoms with Gasteiger partial charge in [-0.25, -0.2) is 0 Å². The maximum Gasteiger partial charge on any atom is 0.0363 e. The molecule has 0 spiro atoms. The van der Waals surface area contributed by atoms with Crippen molar-refractivity contribution in [2.45, 2.75) is 46.1 Å². The first-order valence-corrected chi connectivity index (χ1v) is 7.61. The van der Waals surface area contributed by atoms with E-state index in [2.05, 4.69) is 37.5 Å². The average Bonchev–Trinajstić information content (AvgIpc) is 2.59. The van der Waals surface area contributed by atoms with Gasteiger partial charge in [0, 0.05) is 38.3 Å². The molecule has 0 aromatic heterocycles. The maximum atomic E-state index is 6.22. The minimum atomic E-state index is 0.267. The van der Waals surface area contributed by atoms with Crippen LogP contribution in [0, 0.1) is 11.3 Å². The molecule has 0 radical (unpaired) electrons. The van der Waals surface area contributed by atoms with Crippen LogP contribution in [-0.4, -0.2) is 54.6 Å². The summed E-state index contributed by atoms with van der Waals surface area (Å²) in [4.78, 5) is 5.25. The molecule has 1 aliphatic heterocycles. The van der Waals surface area contributed by atoms with Gasteiger partial charge in [-0.05, 0) is 30.7 Å². The molecule has 1 aliphatic carbocycles. The van der Waals surface area contributed by atoms with Gasteiger partial charge in [0.15, 0.2) is 0 Å². The first-order chi connectivity index (χ1) is 8.43. The predicted molar refractivity (Wildman–Crippen MR) is 77.7 cm³/mol. The van der Waals surface area contributed by atoms with Crippen molar-refractivity contribution in [1.82, 2.24) is 9.80 Å². The van der Waals surface area contributed by atoms with Crippen LogP contribution in [0.1, 0.15) is 40.5 Å². The first kappa shape index (κ1) is 14.3. The first-order valence-electron chi connectivity index (χ1n) is 7.61. The summed E-state index contributed by atoms with van der Waals surface area (Å²) in [5.74, 6) is 0.727. The Morgan fingerprint density at radius 2 is 1.78 bits per heavy atom. The number of nitrogens with two attached hydrogens (primary N) is 1. The lowest BCUT2D eigenvalue weighted by atomic mass is 9.84. The van der Waals surface area contributed by atoms with Gasteiger partial charge in [0.2, 0.25) is 0 Å². The molecule has 2 unspecified atom stereocenters. The summed E-state index contributed by atoms with van der Waals surface area (Å²) in [7, 11) is 0. The standard InChI is InChI=1S/C15H31N3/c1-5-17-6-8-18(9-7-17)15(12-16)11-14(3,4)10-13(15)2/h13H,5-12,16H2,1-4H3. The lowest BCUT2D eigenvalue weighted by Crippen LogP contribution is -2.61. The Bertz CT molecular complexity index is 281. The Labute approximate surface area is 113 Å². The van der Waals surface area contributed by atoms with E-state index in [-0.39, 0.29) is 5.54 Å². The van der Waals surface area contributed by atoms with Crippen LogP contribution in [0.5, 0.6) is 0 Å². The molecule has 3 heteroatoms. The van der Waals surface area contributed by atoms with Crippen LogP contribution in [0.4, 0.5) is 0 Å². The molecule has 106 valence electrons. The normalized spacial score (nSPS) is 38.2. The lowest BCUT2D eigenvalue weighted by molar-refractivity contribution is 0.0146. The highest BCUT2D eigenvalue weighted by Crippen LogP contribution is 2.50. The molecule has 2 atom stereocenters. The Morgan fingerprint density at radius 3 is 2.17 bits per heavy atom. The Hall–Kier alpha value is -0.120. The monoisotopic (exact) mass is 253 g/mol. The quantitative estimate of drug-likeness (QED) is 0.832. The highest BCUT2D eigenvalue weighted by Gasteiger charge is 2.51. The van der Waals surface area contributed by atoms with E-state index in [0.717, 1.165) is 12.5 Å². The third-order valence-electron chi connectivity index (χ3n) is 5.36. The summed E-state index contributed by atoms with van der Waals surface area (Å²) in [5.41, 5.74) is 6.95. The Balaban J connectivity index is 2.09. The topological polar surface area (TPSA) is 32.5 Å². The molecule has 18 heavy (non-hydrogen) atoms. The fourth-order valence-electron chi connectivity index (χ4n) is 4.43. The molecule has 1 saturated heterocycles. The van der Waals surface area contributed by atoms with Gasteiger partial charge in [0.05, 0.1) is 0 Å². The van der Waals surface area contributed by atoms with Crippen molar-refractivity contribution in [2.24, 2.45) is 17.1 Å². The second-order valence-corrected chi connectivity index (χ2v) is 7.18. The average molecular weight is 253 g/mol. The molecule has 2 fully saturated rings. The number of hydrogen-bond donors (Lipinski definition) is 1. The van der Waals surface area contributed by atoms with E-state index in [1.807, 2.05) is 0 Å². The molecule has 0 bridgehead atoms. The van der Waals surface area contributed by atoms with Crippen LogP contribution in [-0.2, 0) is 0 Å². The van der Waals surface area contributed by atoms with E-state index in [1.165, 1.54) is 45.6 Å². The summed E-state index contributed by atoms with van der Waals surface area (Å²) in [6, 6.07) is 0. The molecule has 3 nitrogen and oxygen atoms in total. The number of hydrogen-bond acceptors (Lipinski definition) is 3. The van der Waals surface area contributed by atoms with E-state index in [9.17, 15) is 0 Å². The second kappa shape index (κ2) is 5.10. The zero-order valence-electron chi connectivity index (χ0n) is 12.7. The van der Waals surface area contributed by atoms with E-state index in [4.69, 9.17) is 5.73 Å². The van der Waals surface area contributed by atoms with Crippen molar-refractivity contribution in [1.29, 1.82) is 0 Å². The highest BCUT2D eigenvalue weighted by atomic mass is 15.3. The zero-order chi connectivity index (χ0) is 13.4. The smallest absolute Gasteiger partial charge is 0.0363 e. The van der Waals surface area contributed by atoms with Crippen molar-refractivity contribution in [3.05, 3.63) is 0 Å². The van der Waals surface area contributed by atoms with Gasteiger partial charge in [-0.15, -0.1) is 0 Å². The van der Waals surface area contributed by atoms with Gasteiger partial charge in [0.1, 0.15) is 0 Å². The Morgan fingerprint density at radius 1 is 1.17 bits per heavy atom. The van der Waals surface area contributed by atoms with Crippen LogP contribution < -0.4 is 5.73 Å². The summed E-state index contributed by atoms with van der Waals surface area (Å²) in [6.45, 7) is 16.3. The largest absolute Gasteiger partial charge is 0.329 e. The molecule has 0 aromatic rings. The van der Waals surface area contributed by atoms with E-state index in [0.29, 0.717) is 5.41 Å².